The first-order valence-corrected chi connectivity index (χ1v) is 5.19. The van der Waals surface area contributed by atoms with E-state index in [9.17, 15) is 18.3 Å². The van der Waals surface area contributed by atoms with E-state index in [2.05, 4.69) is 4.98 Å². The number of hydrogen-bond acceptors (Lipinski definition) is 2. The third-order valence-electron chi connectivity index (χ3n) is 2.97. The second kappa shape index (κ2) is 3.22. The van der Waals surface area contributed by atoms with Gasteiger partial charge in [-0.3, -0.25) is 0 Å². The molecule has 1 unspecified atom stereocenters. The predicted molar refractivity (Wildman–Crippen MR) is 54.4 cm³/mol. The van der Waals surface area contributed by atoms with E-state index >= 15 is 0 Å². The number of aliphatic hydroxyl groups is 1. The van der Waals surface area contributed by atoms with Gasteiger partial charge in [0.15, 0.2) is 0 Å². The van der Waals surface area contributed by atoms with E-state index in [-0.39, 0.29) is 0 Å². The third kappa shape index (κ3) is 1.59. The molecule has 0 radical (unpaired) electrons. The Kier molecular flexibility index (Phi) is 2.01. The molecule has 1 atom stereocenters. The Morgan fingerprint density at radius 3 is 2.82 bits per heavy atom. The average Bonchev–Trinajstić information content (AvgIpc) is 2.71. The molecule has 0 spiro atoms. The topological polar surface area (TPSA) is 38.1 Å². The molecule has 1 aromatic carbocycles. The van der Waals surface area contributed by atoms with Crippen molar-refractivity contribution in [3.8, 4) is 0 Å². The zero-order valence-corrected chi connectivity index (χ0v) is 8.70. The standard InChI is InChI=1S/C11H9F3N2O/c12-11(13,14)6-1-2-8-9(3-6)16-5-7(17)4-10(16)15-8/h1-3,7,17H,4-5H2. The molecular formula is C11H9F3N2O. The zero-order valence-electron chi connectivity index (χ0n) is 8.70. The first-order valence-electron chi connectivity index (χ1n) is 5.19. The van der Waals surface area contributed by atoms with Crippen molar-refractivity contribution < 1.29 is 18.3 Å². The molecule has 1 aliphatic rings. The number of nitrogens with zero attached hydrogens (tertiary/aromatic N) is 2. The van der Waals surface area contributed by atoms with Crippen molar-refractivity contribution in [2.45, 2.75) is 25.2 Å². The maximum Gasteiger partial charge on any atom is 0.416 e. The van der Waals surface area contributed by atoms with Gasteiger partial charge in [0.25, 0.3) is 0 Å². The second-order valence-electron chi connectivity index (χ2n) is 4.20. The summed E-state index contributed by atoms with van der Waals surface area (Å²) in [7, 11) is 0. The monoisotopic (exact) mass is 242 g/mol. The van der Waals surface area contributed by atoms with Crippen LogP contribution >= 0.6 is 0 Å². The van der Waals surface area contributed by atoms with Crippen LogP contribution in [0.2, 0.25) is 0 Å². The van der Waals surface area contributed by atoms with E-state index in [1.165, 1.54) is 6.07 Å². The van der Waals surface area contributed by atoms with Crippen molar-refractivity contribution >= 4 is 11.0 Å². The first-order chi connectivity index (χ1) is 7.95. The van der Waals surface area contributed by atoms with Crippen LogP contribution < -0.4 is 0 Å². The summed E-state index contributed by atoms with van der Waals surface area (Å²) < 4.78 is 39.4. The lowest BCUT2D eigenvalue weighted by atomic mass is 10.2. The van der Waals surface area contributed by atoms with Crippen LogP contribution in [-0.4, -0.2) is 20.8 Å². The van der Waals surface area contributed by atoms with Crippen molar-refractivity contribution in [1.82, 2.24) is 9.55 Å². The van der Waals surface area contributed by atoms with Gasteiger partial charge in [-0.1, -0.05) is 0 Å². The number of rotatable bonds is 0. The Hall–Kier alpha value is -1.56. The van der Waals surface area contributed by atoms with Gasteiger partial charge >= 0.3 is 6.18 Å². The summed E-state index contributed by atoms with van der Waals surface area (Å²) in [4.78, 5) is 4.20. The van der Waals surface area contributed by atoms with Crippen LogP contribution in [-0.2, 0) is 19.1 Å². The number of imidazole rings is 1. The van der Waals surface area contributed by atoms with E-state index < -0.39 is 17.8 Å². The van der Waals surface area contributed by atoms with Crippen molar-refractivity contribution in [1.29, 1.82) is 0 Å². The second-order valence-corrected chi connectivity index (χ2v) is 4.20. The van der Waals surface area contributed by atoms with Crippen LogP contribution in [0.25, 0.3) is 11.0 Å². The number of aliphatic hydroxyl groups excluding tert-OH is 1. The van der Waals surface area contributed by atoms with Crippen molar-refractivity contribution in [2.75, 3.05) is 0 Å². The summed E-state index contributed by atoms with van der Waals surface area (Å²) >= 11 is 0. The molecule has 17 heavy (non-hydrogen) atoms. The van der Waals surface area contributed by atoms with Crippen LogP contribution in [0.5, 0.6) is 0 Å². The van der Waals surface area contributed by atoms with E-state index in [1.807, 2.05) is 0 Å². The summed E-state index contributed by atoms with van der Waals surface area (Å²) in [6.45, 7) is 0.313. The Morgan fingerprint density at radius 1 is 1.35 bits per heavy atom. The molecule has 2 heterocycles. The van der Waals surface area contributed by atoms with Gasteiger partial charge in [0, 0.05) is 6.42 Å². The largest absolute Gasteiger partial charge is 0.416 e. The van der Waals surface area contributed by atoms with E-state index in [4.69, 9.17) is 0 Å². The molecule has 1 aromatic heterocycles. The number of benzene rings is 1. The van der Waals surface area contributed by atoms with Crippen molar-refractivity contribution in [3.63, 3.8) is 0 Å². The third-order valence-corrected chi connectivity index (χ3v) is 2.97. The smallest absolute Gasteiger partial charge is 0.391 e. The lowest BCUT2D eigenvalue weighted by Crippen LogP contribution is -2.08. The molecule has 1 aliphatic heterocycles. The lowest BCUT2D eigenvalue weighted by Gasteiger charge is -2.07. The predicted octanol–water partition coefficient (Wildman–Crippen LogP) is 1.97. The molecule has 1 N–H and O–H groups in total. The van der Waals surface area contributed by atoms with Crippen LogP contribution in [0, 0.1) is 0 Å². The van der Waals surface area contributed by atoms with Crippen LogP contribution in [0.3, 0.4) is 0 Å². The molecule has 0 amide bonds. The molecule has 3 rings (SSSR count). The molecular weight excluding hydrogens is 233 g/mol. The summed E-state index contributed by atoms with van der Waals surface area (Å²) in [5.74, 6) is 0.645. The Labute approximate surface area is 94.5 Å². The summed E-state index contributed by atoms with van der Waals surface area (Å²) in [5.41, 5.74) is 0.292. The van der Waals surface area contributed by atoms with Crippen LogP contribution in [0.4, 0.5) is 13.2 Å². The fraction of sp³-hybridized carbons (Fsp3) is 0.364. The number of aromatic nitrogens is 2. The fourth-order valence-corrected chi connectivity index (χ4v) is 2.19. The van der Waals surface area contributed by atoms with E-state index in [1.54, 1.807) is 4.57 Å². The normalized spacial score (nSPS) is 19.9. The molecule has 0 aliphatic carbocycles. The van der Waals surface area contributed by atoms with Gasteiger partial charge in [0.1, 0.15) is 5.82 Å². The Morgan fingerprint density at radius 2 is 2.12 bits per heavy atom. The SMILES string of the molecule is OC1Cc2nc3ccc(C(F)(F)F)cc3n2C1. The highest BCUT2D eigenvalue weighted by Gasteiger charge is 2.32. The molecule has 3 nitrogen and oxygen atoms in total. The van der Waals surface area contributed by atoms with E-state index in [0.29, 0.717) is 29.8 Å². The first kappa shape index (κ1) is 10.6. The molecule has 0 saturated heterocycles. The zero-order chi connectivity index (χ0) is 12.2. The maximum absolute atomic E-state index is 12.6. The fourth-order valence-electron chi connectivity index (χ4n) is 2.19. The van der Waals surface area contributed by atoms with Gasteiger partial charge < -0.3 is 9.67 Å². The quantitative estimate of drug-likeness (QED) is 0.767. The van der Waals surface area contributed by atoms with Gasteiger partial charge in [0.2, 0.25) is 0 Å². The van der Waals surface area contributed by atoms with Crippen molar-refractivity contribution in [3.05, 3.63) is 29.6 Å². The maximum atomic E-state index is 12.6. The van der Waals surface area contributed by atoms with Gasteiger partial charge in [-0.15, -0.1) is 0 Å². The van der Waals surface area contributed by atoms with Gasteiger partial charge in [-0.25, -0.2) is 4.98 Å². The summed E-state index contributed by atoms with van der Waals surface area (Å²) in [5, 5.41) is 9.45. The van der Waals surface area contributed by atoms with Crippen molar-refractivity contribution in [2.24, 2.45) is 0 Å². The van der Waals surface area contributed by atoms with Crippen LogP contribution in [0.1, 0.15) is 11.4 Å². The van der Waals surface area contributed by atoms with E-state index in [0.717, 1.165) is 12.1 Å². The number of alkyl halides is 3. The lowest BCUT2D eigenvalue weighted by molar-refractivity contribution is -0.137. The van der Waals surface area contributed by atoms with Crippen LogP contribution in [0.15, 0.2) is 18.2 Å². The number of fused-ring (bicyclic) bond motifs is 3. The highest BCUT2D eigenvalue weighted by molar-refractivity contribution is 5.77. The summed E-state index contributed by atoms with van der Waals surface area (Å²) in [6, 6.07) is 3.49. The van der Waals surface area contributed by atoms with Gasteiger partial charge in [-0.2, -0.15) is 13.2 Å². The minimum Gasteiger partial charge on any atom is -0.391 e. The molecule has 6 heteroatoms. The molecule has 2 aromatic rings. The number of hydrogen-bond donors (Lipinski definition) is 1. The Bertz CT molecular complexity index is 588. The minimum atomic E-state index is -4.35. The molecule has 0 fully saturated rings. The Balaban J connectivity index is 2.19. The van der Waals surface area contributed by atoms with Gasteiger partial charge in [-0.05, 0) is 18.2 Å². The molecule has 0 saturated carbocycles. The summed E-state index contributed by atoms with van der Waals surface area (Å²) in [6.07, 6.45) is -4.50. The van der Waals surface area contributed by atoms with Gasteiger partial charge in [0.05, 0.1) is 29.2 Å². The molecule has 0 bridgehead atoms. The average molecular weight is 242 g/mol. The highest BCUT2D eigenvalue weighted by atomic mass is 19.4. The highest BCUT2D eigenvalue weighted by Crippen LogP contribution is 2.32. The molecule has 90 valence electrons. The number of halogens is 3. The minimum absolute atomic E-state index is 0.313.